The van der Waals surface area contributed by atoms with Crippen molar-refractivity contribution in [1.82, 2.24) is 9.97 Å². The van der Waals surface area contributed by atoms with Gasteiger partial charge in [0.2, 0.25) is 0 Å². The normalized spacial score (nSPS) is 18.4. The second-order valence-corrected chi connectivity index (χ2v) is 4.83. The zero-order valence-electron chi connectivity index (χ0n) is 10.3. The Morgan fingerprint density at radius 3 is 2.44 bits per heavy atom. The summed E-state index contributed by atoms with van der Waals surface area (Å²) in [7, 11) is 1.88. The maximum atomic E-state index is 4.43. The van der Waals surface area contributed by atoms with Crippen LogP contribution >= 0.6 is 0 Å². The minimum atomic E-state index is 0.214. The third-order valence-electron chi connectivity index (χ3n) is 3.23. The molecule has 1 aromatic heterocycles. The Morgan fingerprint density at radius 2 is 1.81 bits per heavy atom. The highest BCUT2D eigenvalue weighted by molar-refractivity contribution is 5.48. The van der Waals surface area contributed by atoms with Crippen molar-refractivity contribution < 1.29 is 0 Å². The van der Waals surface area contributed by atoms with E-state index in [1.165, 1.54) is 25.7 Å². The lowest BCUT2D eigenvalue weighted by Crippen LogP contribution is -2.31. The lowest BCUT2D eigenvalue weighted by Gasteiger charge is -2.26. The van der Waals surface area contributed by atoms with E-state index in [0.29, 0.717) is 0 Å². The molecule has 2 rings (SSSR count). The first-order valence-corrected chi connectivity index (χ1v) is 5.93. The fraction of sp³-hybridized carbons (Fsp3) is 0.667. The van der Waals surface area contributed by atoms with Crippen LogP contribution in [0.2, 0.25) is 0 Å². The third-order valence-corrected chi connectivity index (χ3v) is 3.23. The zero-order chi connectivity index (χ0) is 11.6. The summed E-state index contributed by atoms with van der Waals surface area (Å²) in [5, 5.41) is 6.60. The molecular formula is C12H20N4. The van der Waals surface area contributed by atoms with Gasteiger partial charge in [0.1, 0.15) is 17.5 Å². The molecule has 0 atom stereocenters. The molecule has 1 heterocycles. The summed E-state index contributed by atoms with van der Waals surface area (Å²) in [5.74, 6) is 2.61. The number of aromatic nitrogens is 2. The van der Waals surface area contributed by atoms with E-state index >= 15 is 0 Å². The quantitative estimate of drug-likeness (QED) is 0.822. The van der Waals surface area contributed by atoms with Crippen molar-refractivity contribution in [1.29, 1.82) is 0 Å². The lowest BCUT2D eigenvalue weighted by molar-refractivity contribution is 0.530. The molecule has 1 aliphatic carbocycles. The van der Waals surface area contributed by atoms with Gasteiger partial charge in [-0.05, 0) is 26.7 Å². The molecule has 0 saturated heterocycles. The highest BCUT2D eigenvalue weighted by Gasteiger charge is 2.28. The fourth-order valence-electron chi connectivity index (χ4n) is 2.35. The van der Waals surface area contributed by atoms with E-state index in [2.05, 4.69) is 27.5 Å². The molecule has 0 aromatic carbocycles. The van der Waals surface area contributed by atoms with Gasteiger partial charge in [-0.3, -0.25) is 0 Å². The van der Waals surface area contributed by atoms with Crippen LogP contribution < -0.4 is 10.6 Å². The molecule has 0 unspecified atom stereocenters. The van der Waals surface area contributed by atoms with Gasteiger partial charge in [-0.15, -0.1) is 0 Å². The molecule has 0 amide bonds. The number of anilines is 2. The van der Waals surface area contributed by atoms with Gasteiger partial charge in [0, 0.05) is 18.7 Å². The van der Waals surface area contributed by atoms with Crippen molar-refractivity contribution in [3.8, 4) is 0 Å². The van der Waals surface area contributed by atoms with Gasteiger partial charge in [0.05, 0.1) is 0 Å². The molecule has 4 heteroatoms. The molecule has 4 nitrogen and oxygen atoms in total. The summed E-state index contributed by atoms with van der Waals surface area (Å²) < 4.78 is 0. The molecule has 0 aliphatic heterocycles. The highest BCUT2D eigenvalue weighted by Crippen LogP contribution is 2.32. The van der Waals surface area contributed by atoms with Crippen LogP contribution in [0.15, 0.2) is 6.07 Å². The summed E-state index contributed by atoms with van der Waals surface area (Å²) in [6.07, 6.45) is 5.08. The first-order valence-electron chi connectivity index (χ1n) is 5.93. The van der Waals surface area contributed by atoms with Crippen LogP contribution in [0, 0.1) is 6.92 Å². The molecule has 0 bridgehead atoms. The SMILES string of the molecule is CNc1cc(NC2(C)CCCC2)nc(C)n1. The molecule has 0 spiro atoms. The smallest absolute Gasteiger partial charge is 0.132 e. The largest absolute Gasteiger partial charge is 0.373 e. The molecule has 2 N–H and O–H groups in total. The molecule has 1 aliphatic rings. The minimum absolute atomic E-state index is 0.214. The average Bonchev–Trinajstić information content (AvgIpc) is 2.63. The third kappa shape index (κ3) is 2.43. The van der Waals surface area contributed by atoms with Gasteiger partial charge < -0.3 is 10.6 Å². The second-order valence-electron chi connectivity index (χ2n) is 4.83. The molecule has 0 radical (unpaired) electrons. The van der Waals surface area contributed by atoms with E-state index in [1.54, 1.807) is 0 Å². The van der Waals surface area contributed by atoms with E-state index in [-0.39, 0.29) is 5.54 Å². The summed E-state index contributed by atoms with van der Waals surface area (Å²) in [6.45, 7) is 4.19. The number of rotatable bonds is 3. The van der Waals surface area contributed by atoms with Crippen LogP contribution in [0.4, 0.5) is 11.6 Å². The predicted octanol–water partition coefficient (Wildman–Crippen LogP) is 2.57. The van der Waals surface area contributed by atoms with Crippen molar-refractivity contribution in [3.63, 3.8) is 0 Å². The summed E-state index contributed by atoms with van der Waals surface area (Å²) in [6, 6.07) is 1.97. The number of nitrogens with one attached hydrogen (secondary N) is 2. The van der Waals surface area contributed by atoms with Crippen LogP contribution in [0.5, 0.6) is 0 Å². The van der Waals surface area contributed by atoms with Crippen LogP contribution in [0.25, 0.3) is 0 Å². The fourth-order valence-corrected chi connectivity index (χ4v) is 2.35. The molecular weight excluding hydrogens is 200 g/mol. The molecule has 88 valence electrons. The topological polar surface area (TPSA) is 49.8 Å². The van der Waals surface area contributed by atoms with Gasteiger partial charge in [-0.1, -0.05) is 12.8 Å². The van der Waals surface area contributed by atoms with Gasteiger partial charge in [0.15, 0.2) is 0 Å². The Kier molecular flexibility index (Phi) is 2.99. The average molecular weight is 220 g/mol. The maximum absolute atomic E-state index is 4.43. The van der Waals surface area contributed by atoms with Gasteiger partial charge in [-0.2, -0.15) is 0 Å². The van der Waals surface area contributed by atoms with Crippen molar-refractivity contribution in [2.75, 3.05) is 17.7 Å². The Balaban J connectivity index is 2.17. The summed E-state index contributed by atoms with van der Waals surface area (Å²) >= 11 is 0. The zero-order valence-corrected chi connectivity index (χ0v) is 10.3. The van der Waals surface area contributed by atoms with Gasteiger partial charge in [-0.25, -0.2) is 9.97 Å². The van der Waals surface area contributed by atoms with Crippen LogP contribution in [-0.2, 0) is 0 Å². The second kappa shape index (κ2) is 4.28. The van der Waals surface area contributed by atoms with Crippen LogP contribution in [0.3, 0.4) is 0 Å². The van der Waals surface area contributed by atoms with Gasteiger partial charge in [0.25, 0.3) is 0 Å². The number of nitrogens with zero attached hydrogens (tertiary/aromatic N) is 2. The molecule has 1 saturated carbocycles. The highest BCUT2D eigenvalue weighted by atomic mass is 15.1. The van der Waals surface area contributed by atoms with Crippen LogP contribution in [-0.4, -0.2) is 22.6 Å². The Morgan fingerprint density at radius 1 is 1.19 bits per heavy atom. The molecule has 1 fully saturated rings. The van der Waals surface area contributed by atoms with Crippen molar-refractivity contribution in [2.45, 2.75) is 45.1 Å². The van der Waals surface area contributed by atoms with E-state index in [4.69, 9.17) is 0 Å². The van der Waals surface area contributed by atoms with E-state index < -0.39 is 0 Å². The van der Waals surface area contributed by atoms with Crippen molar-refractivity contribution >= 4 is 11.6 Å². The predicted molar refractivity (Wildman–Crippen MR) is 66.8 cm³/mol. The van der Waals surface area contributed by atoms with E-state index in [0.717, 1.165) is 17.5 Å². The van der Waals surface area contributed by atoms with Crippen LogP contribution in [0.1, 0.15) is 38.4 Å². The van der Waals surface area contributed by atoms with E-state index in [1.807, 2.05) is 20.0 Å². The maximum Gasteiger partial charge on any atom is 0.132 e. The first kappa shape index (κ1) is 11.2. The lowest BCUT2D eigenvalue weighted by atomic mass is 10.0. The monoisotopic (exact) mass is 220 g/mol. The molecule has 16 heavy (non-hydrogen) atoms. The number of hydrogen-bond acceptors (Lipinski definition) is 4. The molecule has 1 aromatic rings. The Hall–Kier alpha value is -1.32. The minimum Gasteiger partial charge on any atom is -0.373 e. The Labute approximate surface area is 96.9 Å². The van der Waals surface area contributed by atoms with E-state index in [9.17, 15) is 0 Å². The van der Waals surface area contributed by atoms with Crippen molar-refractivity contribution in [3.05, 3.63) is 11.9 Å². The number of hydrogen-bond donors (Lipinski definition) is 2. The standard InChI is InChI=1S/C12H20N4/c1-9-14-10(13-3)8-11(15-9)16-12(2)6-4-5-7-12/h8H,4-7H2,1-3H3,(H2,13,14,15,16). The summed E-state index contributed by atoms with van der Waals surface area (Å²) in [5.41, 5.74) is 0.214. The van der Waals surface area contributed by atoms with Crippen molar-refractivity contribution in [2.24, 2.45) is 0 Å². The summed E-state index contributed by atoms with van der Waals surface area (Å²) in [4.78, 5) is 8.72. The number of aryl methyl sites for hydroxylation is 1. The first-order chi connectivity index (χ1) is 7.61. The Bertz CT molecular complexity index is 369. The van der Waals surface area contributed by atoms with Gasteiger partial charge >= 0.3 is 0 Å².